The minimum absolute atomic E-state index is 0. The van der Waals surface area contributed by atoms with Gasteiger partial charge in [0.25, 0.3) is 0 Å². The van der Waals surface area contributed by atoms with E-state index < -0.39 is 12.2 Å². The highest BCUT2D eigenvalue weighted by molar-refractivity contribution is 5.85. The summed E-state index contributed by atoms with van der Waals surface area (Å²) in [4.78, 5) is 15.8. The van der Waals surface area contributed by atoms with E-state index in [-0.39, 0.29) is 43.3 Å². The molecule has 2 heterocycles. The summed E-state index contributed by atoms with van der Waals surface area (Å²) in [5, 5.41) is 5.59. The molecule has 2 atom stereocenters. The molecule has 26 heavy (non-hydrogen) atoms. The maximum atomic E-state index is 13.3. The average molecular weight is 423 g/mol. The second kappa shape index (κ2) is 12.2. The maximum Gasteiger partial charge on any atom is 0.405 e. The lowest BCUT2D eigenvalue weighted by molar-refractivity contribution is -0.184. The third-order valence-corrected chi connectivity index (χ3v) is 5.01. The van der Waals surface area contributed by atoms with Gasteiger partial charge in [0.1, 0.15) is 6.04 Å². The first kappa shape index (κ1) is 25.7. The second-order valence-electron chi connectivity index (χ2n) is 6.71. The number of likely N-dealkylation sites (tertiary alicyclic amines) is 1. The van der Waals surface area contributed by atoms with Gasteiger partial charge in [-0.1, -0.05) is 12.8 Å². The number of carbonyl (C=O) groups is 1. The Balaban J connectivity index is 0.00000312. The monoisotopic (exact) mass is 422 g/mol. The lowest BCUT2D eigenvalue weighted by Gasteiger charge is -2.36. The molecule has 0 aromatic carbocycles. The predicted octanol–water partition coefficient (Wildman–Crippen LogP) is 2.05. The first-order valence-corrected chi connectivity index (χ1v) is 8.93. The summed E-state index contributed by atoms with van der Waals surface area (Å²) < 4.78 is 40.0. The van der Waals surface area contributed by atoms with Crippen LogP contribution in [0.25, 0.3) is 0 Å². The van der Waals surface area contributed by atoms with Gasteiger partial charge in [-0.2, -0.15) is 13.2 Å². The summed E-state index contributed by atoms with van der Waals surface area (Å²) in [6.45, 7) is 4.89. The van der Waals surface area contributed by atoms with Crippen LogP contribution < -0.4 is 10.6 Å². The first-order chi connectivity index (χ1) is 11.4. The van der Waals surface area contributed by atoms with E-state index in [1.807, 2.05) is 0 Å². The topological polar surface area (TPSA) is 47.6 Å². The van der Waals surface area contributed by atoms with Crippen molar-refractivity contribution in [2.75, 3.05) is 45.8 Å². The van der Waals surface area contributed by atoms with Crippen molar-refractivity contribution in [3.8, 4) is 0 Å². The normalized spacial score (nSPS) is 22.3. The van der Waals surface area contributed by atoms with Crippen molar-refractivity contribution in [1.29, 1.82) is 0 Å². The molecule has 2 aliphatic heterocycles. The fraction of sp³-hybridized carbons (Fsp3) is 0.938. The molecular formula is C16H31Cl2F3N4O. The van der Waals surface area contributed by atoms with Crippen LogP contribution in [0.3, 0.4) is 0 Å². The number of alkyl halides is 3. The zero-order valence-electron chi connectivity index (χ0n) is 15.2. The van der Waals surface area contributed by atoms with Crippen LogP contribution in [-0.4, -0.2) is 79.8 Å². The number of amides is 1. The molecule has 2 fully saturated rings. The van der Waals surface area contributed by atoms with Gasteiger partial charge in [0.05, 0.1) is 6.04 Å². The highest BCUT2D eigenvalue weighted by atomic mass is 35.5. The maximum absolute atomic E-state index is 13.3. The van der Waals surface area contributed by atoms with Gasteiger partial charge in [-0.15, -0.1) is 24.8 Å². The number of hydrogen-bond acceptors (Lipinski definition) is 4. The SMILES string of the molecule is CC(C(=O)NCC(N1CCNCC1)C(F)(F)F)N1CCCCCC1.Cl.Cl. The van der Waals surface area contributed by atoms with E-state index in [4.69, 9.17) is 0 Å². The zero-order valence-corrected chi connectivity index (χ0v) is 16.8. The van der Waals surface area contributed by atoms with Crippen molar-refractivity contribution in [3.63, 3.8) is 0 Å². The van der Waals surface area contributed by atoms with Crippen molar-refractivity contribution in [3.05, 3.63) is 0 Å². The third kappa shape index (κ3) is 7.76. The first-order valence-electron chi connectivity index (χ1n) is 8.93. The number of halogens is 5. The van der Waals surface area contributed by atoms with Gasteiger partial charge in [0, 0.05) is 32.7 Å². The Morgan fingerprint density at radius 1 is 1.00 bits per heavy atom. The molecule has 0 aromatic heterocycles. The van der Waals surface area contributed by atoms with Gasteiger partial charge >= 0.3 is 6.18 Å². The number of rotatable bonds is 5. The zero-order chi connectivity index (χ0) is 17.6. The van der Waals surface area contributed by atoms with Crippen LogP contribution in [0, 0.1) is 0 Å². The van der Waals surface area contributed by atoms with Gasteiger partial charge in [0.2, 0.25) is 5.91 Å². The molecular weight excluding hydrogens is 392 g/mol. The average Bonchev–Trinajstić information content (AvgIpc) is 2.83. The molecule has 2 aliphatic rings. The number of piperazine rings is 1. The quantitative estimate of drug-likeness (QED) is 0.711. The summed E-state index contributed by atoms with van der Waals surface area (Å²) in [5.74, 6) is -0.304. The van der Waals surface area contributed by atoms with Crippen LogP contribution in [0.4, 0.5) is 13.2 Å². The molecule has 0 aliphatic carbocycles. The van der Waals surface area contributed by atoms with E-state index in [0.29, 0.717) is 26.2 Å². The molecule has 156 valence electrons. The Hall–Kier alpha value is -0.280. The van der Waals surface area contributed by atoms with Crippen molar-refractivity contribution >= 4 is 30.7 Å². The third-order valence-electron chi connectivity index (χ3n) is 5.01. The molecule has 0 saturated carbocycles. The molecule has 0 bridgehead atoms. The van der Waals surface area contributed by atoms with Crippen LogP contribution in [0.2, 0.25) is 0 Å². The Morgan fingerprint density at radius 3 is 2.04 bits per heavy atom. The van der Waals surface area contributed by atoms with Gasteiger partial charge in [-0.25, -0.2) is 0 Å². The molecule has 2 saturated heterocycles. The summed E-state index contributed by atoms with van der Waals surface area (Å²) >= 11 is 0. The fourth-order valence-electron chi connectivity index (χ4n) is 3.44. The molecule has 5 nitrogen and oxygen atoms in total. The molecule has 2 rings (SSSR count). The van der Waals surface area contributed by atoms with Crippen molar-refractivity contribution in [2.45, 2.75) is 50.9 Å². The fourth-order valence-corrected chi connectivity index (χ4v) is 3.44. The lowest BCUT2D eigenvalue weighted by atomic mass is 10.2. The van der Waals surface area contributed by atoms with E-state index in [9.17, 15) is 18.0 Å². The van der Waals surface area contributed by atoms with Crippen molar-refractivity contribution < 1.29 is 18.0 Å². The van der Waals surface area contributed by atoms with Crippen LogP contribution in [0.5, 0.6) is 0 Å². The van der Waals surface area contributed by atoms with Crippen LogP contribution >= 0.6 is 24.8 Å². The molecule has 2 N–H and O–H groups in total. The van der Waals surface area contributed by atoms with E-state index in [2.05, 4.69) is 15.5 Å². The van der Waals surface area contributed by atoms with Gasteiger partial charge in [0.15, 0.2) is 0 Å². The van der Waals surface area contributed by atoms with Gasteiger partial charge in [-0.05, 0) is 32.9 Å². The van der Waals surface area contributed by atoms with E-state index in [1.54, 1.807) is 6.92 Å². The Kier molecular flexibility index (Phi) is 12.1. The van der Waals surface area contributed by atoms with Crippen molar-refractivity contribution in [2.24, 2.45) is 0 Å². The highest BCUT2D eigenvalue weighted by Gasteiger charge is 2.44. The molecule has 1 amide bonds. The van der Waals surface area contributed by atoms with Crippen LogP contribution in [0.1, 0.15) is 32.6 Å². The lowest BCUT2D eigenvalue weighted by Crippen LogP contribution is -2.58. The largest absolute Gasteiger partial charge is 0.405 e. The molecule has 0 spiro atoms. The van der Waals surface area contributed by atoms with Crippen molar-refractivity contribution in [1.82, 2.24) is 20.4 Å². The van der Waals surface area contributed by atoms with Gasteiger partial charge in [-0.3, -0.25) is 14.6 Å². The minimum Gasteiger partial charge on any atom is -0.353 e. The standard InChI is InChI=1S/C16H29F3N4O.2ClH/c1-13(22-8-4-2-3-5-9-22)15(24)21-12-14(16(17,18)19)23-10-6-20-7-11-23;;/h13-14,20H,2-12H2,1H3,(H,21,24);2*1H. The summed E-state index contributed by atoms with van der Waals surface area (Å²) in [7, 11) is 0. The Labute approximate surface area is 166 Å². The van der Waals surface area contributed by atoms with Crippen LogP contribution in [-0.2, 0) is 4.79 Å². The second-order valence-corrected chi connectivity index (χ2v) is 6.71. The summed E-state index contributed by atoms with van der Waals surface area (Å²) in [6, 6.07) is -1.99. The summed E-state index contributed by atoms with van der Waals surface area (Å²) in [5.41, 5.74) is 0. The number of nitrogens with one attached hydrogen (secondary N) is 2. The number of nitrogens with zero attached hydrogens (tertiary/aromatic N) is 2. The van der Waals surface area contributed by atoms with E-state index >= 15 is 0 Å². The van der Waals surface area contributed by atoms with E-state index in [1.165, 1.54) is 4.90 Å². The highest BCUT2D eigenvalue weighted by Crippen LogP contribution is 2.25. The minimum atomic E-state index is -4.34. The molecule has 0 radical (unpaired) electrons. The Bertz CT molecular complexity index is 401. The molecule has 10 heteroatoms. The summed E-state index contributed by atoms with van der Waals surface area (Å²) in [6.07, 6.45) is 0.0670. The number of carbonyl (C=O) groups excluding carboxylic acids is 1. The van der Waals surface area contributed by atoms with Gasteiger partial charge < -0.3 is 10.6 Å². The predicted molar refractivity (Wildman–Crippen MR) is 101 cm³/mol. The smallest absolute Gasteiger partial charge is 0.353 e. The van der Waals surface area contributed by atoms with Crippen LogP contribution in [0.15, 0.2) is 0 Å². The molecule has 2 unspecified atom stereocenters. The van der Waals surface area contributed by atoms with E-state index in [0.717, 1.165) is 38.8 Å². The Morgan fingerprint density at radius 2 is 1.54 bits per heavy atom. The molecule has 0 aromatic rings. The number of hydrogen-bond donors (Lipinski definition) is 2.